The summed E-state index contributed by atoms with van der Waals surface area (Å²) in [6.07, 6.45) is 1.40. The minimum atomic E-state index is -0.0781. The molecule has 1 aromatic carbocycles. The van der Waals surface area contributed by atoms with Crippen molar-refractivity contribution in [3.8, 4) is 0 Å². The second-order valence-corrected chi connectivity index (χ2v) is 3.11. The van der Waals surface area contributed by atoms with Gasteiger partial charge in [-0.1, -0.05) is 12.1 Å². The van der Waals surface area contributed by atoms with Gasteiger partial charge in [0, 0.05) is 5.56 Å². The number of rotatable bonds is 2. The van der Waals surface area contributed by atoms with Crippen LogP contribution in [0.3, 0.4) is 0 Å². The Bertz CT molecular complexity index is 429. The van der Waals surface area contributed by atoms with Crippen LogP contribution in [0.25, 0.3) is 11.0 Å². The van der Waals surface area contributed by atoms with Gasteiger partial charge in [0.25, 0.3) is 0 Å². The number of halogens is 1. The fourth-order valence-corrected chi connectivity index (χ4v) is 1.56. The molecule has 1 N–H and O–H groups in total. The first kappa shape index (κ1) is 8.52. The first-order valence-corrected chi connectivity index (χ1v) is 4.39. The molecule has 3 nitrogen and oxygen atoms in total. The fraction of sp³-hybridized carbons (Fsp3) is 0.125. The maximum Gasteiger partial charge on any atom is 0.171 e. The van der Waals surface area contributed by atoms with Crippen LogP contribution in [0, 0.1) is 0 Å². The molecular weight excluding hydrogens is 191 g/mol. The standard InChI is InChI=1S/C8H7FN2OS/c9-13-11-5-10-8-6(4-12)2-1-3-7(8)11/h1-3,5,12H,4H2. The Kier molecular flexibility index (Phi) is 2.20. The lowest BCUT2D eigenvalue weighted by molar-refractivity contribution is 0.283. The largest absolute Gasteiger partial charge is 0.392 e. The number of aromatic nitrogens is 2. The zero-order valence-electron chi connectivity index (χ0n) is 6.64. The van der Waals surface area contributed by atoms with E-state index in [0.29, 0.717) is 16.6 Å². The van der Waals surface area contributed by atoms with Crippen LogP contribution in [0.15, 0.2) is 24.5 Å². The first-order valence-electron chi connectivity index (χ1n) is 3.71. The molecule has 0 aliphatic carbocycles. The van der Waals surface area contributed by atoms with E-state index in [2.05, 4.69) is 4.98 Å². The zero-order valence-corrected chi connectivity index (χ0v) is 7.46. The minimum Gasteiger partial charge on any atom is -0.392 e. The van der Waals surface area contributed by atoms with Crippen molar-refractivity contribution in [2.24, 2.45) is 0 Å². The van der Waals surface area contributed by atoms with E-state index in [1.807, 2.05) is 0 Å². The lowest BCUT2D eigenvalue weighted by Gasteiger charge is -1.97. The van der Waals surface area contributed by atoms with Crippen LogP contribution < -0.4 is 0 Å². The maximum absolute atomic E-state index is 12.3. The van der Waals surface area contributed by atoms with Gasteiger partial charge in [0.05, 0.1) is 17.6 Å². The fourth-order valence-electron chi connectivity index (χ4n) is 1.26. The van der Waals surface area contributed by atoms with Crippen molar-refractivity contribution in [3.05, 3.63) is 30.1 Å². The van der Waals surface area contributed by atoms with E-state index in [-0.39, 0.29) is 18.9 Å². The molecule has 0 aliphatic heterocycles. The van der Waals surface area contributed by atoms with Gasteiger partial charge in [0.1, 0.15) is 6.33 Å². The number of nitrogens with zero attached hydrogens (tertiary/aromatic N) is 2. The molecule has 0 amide bonds. The maximum atomic E-state index is 12.3. The molecule has 0 saturated carbocycles. The quantitative estimate of drug-likeness (QED) is 0.801. The number of imidazole rings is 1. The molecule has 0 aliphatic rings. The molecule has 0 bridgehead atoms. The van der Waals surface area contributed by atoms with E-state index in [1.54, 1.807) is 18.2 Å². The monoisotopic (exact) mass is 198 g/mol. The SMILES string of the molecule is OCc1cccc2c1ncn2SF. The normalized spacial score (nSPS) is 10.9. The van der Waals surface area contributed by atoms with E-state index in [4.69, 9.17) is 5.11 Å². The van der Waals surface area contributed by atoms with Gasteiger partial charge in [-0.2, -0.15) is 0 Å². The van der Waals surface area contributed by atoms with Crippen molar-refractivity contribution in [2.45, 2.75) is 6.61 Å². The molecule has 1 aromatic heterocycles. The third-order valence-corrected chi connectivity index (χ3v) is 2.31. The van der Waals surface area contributed by atoms with Crippen molar-refractivity contribution in [1.29, 1.82) is 0 Å². The molecule has 0 fully saturated rings. The summed E-state index contributed by atoms with van der Waals surface area (Å²) in [5.74, 6) is 0. The van der Waals surface area contributed by atoms with Gasteiger partial charge in [0.2, 0.25) is 0 Å². The summed E-state index contributed by atoms with van der Waals surface area (Å²) < 4.78 is 13.6. The van der Waals surface area contributed by atoms with Gasteiger partial charge >= 0.3 is 0 Å². The Morgan fingerprint density at radius 2 is 2.38 bits per heavy atom. The van der Waals surface area contributed by atoms with Crippen LogP contribution in [0.2, 0.25) is 0 Å². The van der Waals surface area contributed by atoms with Gasteiger partial charge in [-0.05, 0) is 6.07 Å². The summed E-state index contributed by atoms with van der Waals surface area (Å²) in [5, 5.41) is 8.97. The number of benzene rings is 1. The van der Waals surface area contributed by atoms with Crippen molar-refractivity contribution in [2.75, 3.05) is 0 Å². The van der Waals surface area contributed by atoms with E-state index in [0.717, 1.165) is 0 Å². The Labute approximate surface area is 78.6 Å². The number of hydrogen-bond donors (Lipinski definition) is 1. The van der Waals surface area contributed by atoms with Crippen LogP contribution in [0.4, 0.5) is 3.89 Å². The topological polar surface area (TPSA) is 38.1 Å². The number of para-hydroxylation sites is 1. The molecule has 2 aromatic rings. The molecule has 0 radical (unpaired) electrons. The van der Waals surface area contributed by atoms with Gasteiger partial charge in [-0.15, -0.1) is 3.89 Å². The summed E-state index contributed by atoms with van der Waals surface area (Å²) >= 11 is 0.0967. The highest BCUT2D eigenvalue weighted by Crippen LogP contribution is 2.21. The predicted molar refractivity (Wildman–Crippen MR) is 49.8 cm³/mol. The van der Waals surface area contributed by atoms with Crippen molar-refractivity contribution in [1.82, 2.24) is 8.96 Å². The average Bonchev–Trinajstić information content (AvgIpc) is 2.60. The molecule has 0 unspecified atom stereocenters. The van der Waals surface area contributed by atoms with Gasteiger partial charge in [-0.25, -0.2) is 8.96 Å². The molecule has 1 heterocycles. The van der Waals surface area contributed by atoms with Gasteiger partial charge in [-0.3, -0.25) is 0 Å². The van der Waals surface area contributed by atoms with Crippen molar-refractivity contribution >= 4 is 23.4 Å². The zero-order chi connectivity index (χ0) is 9.26. The van der Waals surface area contributed by atoms with E-state index in [1.165, 1.54) is 10.3 Å². The van der Waals surface area contributed by atoms with Crippen molar-refractivity contribution in [3.63, 3.8) is 0 Å². The van der Waals surface area contributed by atoms with Crippen molar-refractivity contribution < 1.29 is 8.99 Å². The lowest BCUT2D eigenvalue weighted by atomic mass is 10.2. The van der Waals surface area contributed by atoms with Crippen LogP contribution in [0.5, 0.6) is 0 Å². The minimum absolute atomic E-state index is 0.0781. The second-order valence-electron chi connectivity index (χ2n) is 2.58. The van der Waals surface area contributed by atoms with Crippen LogP contribution >= 0.6 is 12.3 Å². The second kappa shape index (κ2) is 3.35. The summed E-state index contributed by atoms with van der Waals surface area (Å²) in [4.78, 5) is 4.00. The smallest absolute Gasteiger partial charge is 0.171 e. The summed E-state index contributed by atoms with van der Waals surface area (Å²) in [5.41, 5.74) is 2.04. The molecular formula is C8H7FN2OS. The number of aliphatic hydroxyl groups is 1. The molecule has 68 valence electrons. The molecule has 0 atom stereocenters. The van der Waals surface area contributed by atoms with Crippen LogP contribution in [-0.2, 0) is 6.61 Å². The highest BCUT2D eigenvalue weighted by atomic mass is 32.2. The number of aliphatic hydroxyl groups excluding tert-OH is 1. The Morgan fingerprint density at radius 1 is 1.54 bits per heavy atom. The molecule has 0 saturated heterocycles. The highest BCUT2D eigenvalue weighted by Gasteiger charge is 2.06. The highest BCUT2D eigenvalue weighted by molar-refractivity contribution is 7.92. The predicted octanol–water partition coefficient (Wildman–Crippen LogP) is 1.91. The molecule has 13 heavy (non-hydrogen) atoms. The molecule has 5 heteroatoms. The van der Waals surface area contributed by atoms with Crippen LogP contribution in [0.1, 0.15) is 5.56 Å². The first-order chi connectivity index (χ1) is 6.36. The van der Waals surface area contributed by atoms with Gasteiger partial charge in [0.15, 0.2) is 12.3 Å². The summed E-state index contributed by atoms with van der Waals surface area (Å²) in [7, 11) is 0. The third-order valence-electron chi connectivity index (χ3n) is 1.87. The van der Waals surface area contributed by atoms with E-state index >= 15 is 0 Å². The van der Waals surface area contributed by atoms with Crippen LogP contribution in [-0.4, -0.2) is 14.1 Å². The third kappa shape index (κ3) is 1.30. The molecule has 0 spiro atoms. The summed E-state index contributed by atoms with van der Waals surface area (Å²) in [6.45, 7) is -0.0781. The summed E-state index contributed by atoms with van der Waals surface area (Å²) in [6, 6.07) is 5.29. The molecule has 2 rings (SSSR count). The van der Waals surface area contributed by atoms with E-state index < -0.39 is 0 Å². The van der Waals surface area contributed by atoms with E-state index in [9.17, 15) is 3.89 Å². The van der Waals surface area contributed by atoms with Gasteiger partial charge < -0.3 is 5.11 Å². The average molecular weight is 198 g/mol. The Hall–Kier alpha value is -1.07. The Morgan fingerprint density at radius 3 is 3.08 bits per heavy atom. The Balaban J connectivity index is 2.72. The number of fused-ring (bicyclic) bond motifs is 1. The lowest BCUT2D eigenvalue weighted by Crippen LogP contribution is -1.85. The number of hydrogen-bond acceptors (Lipinski definition) is 3.